The van der Waals surface area contributed by atoms with E-state index in [0.717, 1.165) is 19.4 Å². The van der Waals surface area contributed by atoms with Gasteiger partial charge in [-0.25, -0.2) is 0 Å². The van der Waals surface area contributed by atoms with E-state index in [9.17, 15) is 9.59 Å². The van der Waals surface area contributed by atoms with Crippen LogP contribution in [0, 0.1) is 24.7 Å². The third-order valence-corrected chi connectivity index (χ3v) is 6.22. The number of carbonyl (C=O) groups excluding carboxylic acids is 2. The van der Waals surface area contributed by atoms with Gasteiger partial charge < -0.3 is 5.32 Å². The third-order valence-electron chi connectivity index (χ3n) is 6.22. The van der Waals surface area contributed by atoms with Crippen LogP contribution in [0.25, 0.3) is 0 Å². The number of ketones is 2. The number of hydrogen-bond donors (Lipinski definition) is 1. The lowest BCUT2D eigenvalue weighted by Crippen LogP contribution is -2.52. The fourth-order valence-corrected chi connectivity index (χ4v) is 5.10. The van der Waals surface area contributed by atoms with Gasteiger partial charge in [-0.05, 0) is 42.7 Å². The topological polar surface area (TPSA) is 46.2 Å². The van der Waals surface area contributed by atoms with E-state index >= 15 is 0 Å². The van der Waals surface area contributed by atoms with Crippen LogP contribution in [-0.2, 0) is 16.1 Å². The van der Waals surface area contributed by atoms with Crippen molar-refractivity contribution in [1.29, 1.82) is 0 Å². The second kappa shape index (κ2) is 5.02. The lowest BCUT2D eigenvalue weighted by molar-refractivity contribution is -0.145. The number of carbonyl (C=O) groups is 2. The second-order valence-electron chi connectivity index (χ2n) is 7.40. The Morgan fingerprint density at radius 3 is 2.77 bits per heavy atom. The average molecular weight is 297 g/mol. The SMILES string of the molecule is Cc1ccc2c(c1)C1C(CCC3C(C)C(=O)C(=O)CC31)NC2. The van der Waals surface area contributed by atoms with Crippen molar-refractivity contribution in [3.8, 4) is 0 Å². The molecule has 0 bridgehead atoms. The van der Waals surface area contributed by atoms with Crippen molar-refractivity contribution in [3.05, 3.63) is 34.9 Å². The highest BCUT2D eigenvalue weighted by molar-refractivity contribution is 6.38. The molecule has 2 fully saturated rings. The summed E-state index contributed by atoms with van der Waals surface area (Å²) in [4.78, 5) is 24.2. The van der Waals surface area contributed by atoms with E-state index in [1.807, 2.05) is 6.92 Å². The first-order valence-corrected chi connectivity index (χ1v) is 8.46. The zero-order valence-electron chi connectivity index (χ0n) is 13.3. The molecule has 3 aliphatic rings. The first-order valence-electron chi connectivity index (χ1n) is 8.46. The lowest BCUT2D eigenvalue weighted by atomic mass is 9.57. The Morgan fingerprint density at radius 1 is 1.14 bits per heavy atom. The van der Waals surface area contributed by atoms with Crippen molar-refractivity contribution in [3.63, 3.8) is 0 Å². The third kappa shape index (κ3) is 1.98. The van der Waals surface area contributed by atoms with E-state index < -0.39 is 0 Å². The molecule has 0 radical (unpaired) electrons. The summed E-state index contributed by atoms with van der Waals surface area (Å²) in [6, 6.07) is 7.15. The summed E-state index contributed by atoms with van der Waals surface area (Å²) >= 11 is 0. The fraction of sp³-hybridized carbons (Fsp3) is 0.579. The molecule has 0 amide bonds. The molecule has 2 aliphatic carbocycles. The van der Waals surface area contributed by atoms with E-state index in [1.54, 1.807) is 0 Å². The van der Waals surface area contributed by atoms with Crippen LogP contribution in [0.2, 0.25) is 0 Å². The van der Waals surface area contributed by atoms with Gasteiger partial charge >= 0.3 is 0 Å². The van der Waals surface area contributed by atoms with Crippen molar-refractivity contribution in [1.82, 2.24) is 5.32 Å². The van der Waals surface area contributed by atoms with E-state index in [-0.39, 0.29) is 17.5 Å². The van der Waals surface area contributed by atoms with Gasteiger partial charge in [0.25, 0.3) is 0 Å². The minimum absolute atomic E-state index is 0.0950. The van der Waals surface area contributed by atoms with E-state index in [0.29, 0.717) is 30.2 Å². The Labute approximate surface area is 131 Å². The molecule has 4 rings (SSSR count). The molecule has 0 spiro atoms. The van der Waals surface area contributed by atoms with Crippen LogP contribution in [0.4, 0.5) is 0 Å². The maximum Gasteiger partial charge on any atom is 0.201 e. The maximum atomic E-state index is 12.1. The van der Waals surface area contributed by atoms with Gasteiger partial charge in [-0.15, -0.1) is 0 Å². The number of nitrogens with one attached hydrogen (secondary N) is 1. The predicted octanol–water partition coefficient (Wildman–Crippen LogP) is 2.75. The van der Waals surface area contributed by atoms with Crippen LogP contribution < -0.4 is 5.32 Å². The van der Waals surface area contributed by atoms with Gasteiger partial charge in [0, 0.05) is 30.8 Å². The molecule has 5 atom stereocenters. The summed E-state index contributed by atoms with van der Waals surface area (Å²) < 4.78 is 0. The van der Waals surface area contributed by atoms with Gasteiger partial charge in [-0.3, -0.25) is 9.59 Å². The van der Waals surface area contributed by atoms with Crippen LogP contribution >= 0.6 is 0 Å². The first kappa shape index (κ1) is 14.1. The summed E-state index contributed by atoms with van der Waals surface area (Å²) in [5.74, 6) is 0.721. The predicted molar refractivity (Wildman–Crippen MR) is 84.6 cm³/mol. The zero-order valence-corrected chi connectivity index (χ0v) is 13.3. The lowest BCUT2D eigenvalue weighted by Gasteiger charge is -2.49. The molecule has 22 heavy (non-hydrogen) atoms. The molecule has 1 N–H and O–H groups in total. The minimum Gasteiger partial charge on any atom is -0.309 e. The van der Waals surface area contributed by atoms with Crippen LogP contribution in [0.15, 0.2) is 18.2 Å². The average Bonchev–Trinajstić information content (AvgIpc) is 2.52. The van der Waals surface area contributed by atoms with E-state index in [1.165, 1.54) is 16.7 Å². The number of fused-ring (bicyclic) bond motifs is 5. The van der Waals surface area contributed by atoms with Gasteiger partial charge in [0.1, 0.15) is 0 Å². The minimum atomic E-state index is -0.144. The van der Waals surface area contributed by atoms with E-state index in [4.69, 9.17) is 0 Å². The molecule has 3 heteroatoms. The van der Waals surface area contributed by atoms with Crippen molar-refractivity contribution < 1.29 is 9.59 Å². The summed E-state index contributed by atoms with van der Waals surface area (Å²) in [6.07, 6.45) is 2.63. The van der Waals surface area contributed by atoms with Crippen LogP contribution in [0.3, 0.4) is 0 Å². The monoisotopic (exact) mass is 297 g/mol. The standard InChI is InChI=1S/C19H23NO2/c1-10-3-4-12-9-20-16-6-5-13-11(2)19(22)17(21)8-15(13)18(16)14(12)7-10/h3-4,7,11,13,15-16,18,20H,5-6,8-9H2,1-2H3. The van der Waals surface area contributed by atoms with Gasteiger partial charge in [-0.1, -0.05) is 30.7 Å². The normalized spacial score (nSPS) is 37.3. The number of benzene rings is 1. The van der Waals surface area contributed by atoms with E-state index in [2.05, 4.69) is 30.4 Å². The highest BCUT2D eigenvalue weighted by Gasteiger charge is 2.50. The second-order valence-corrected chi connectivity index (χ2v) is 7.40. The summed E-state index contributed by atoms with van der Waals surface area (Å²) in [6.45, 7) is 5.02. The Morgan fingerprint density at radius 2 is 1.95 bits per heavy atom. The largest absolute Gasteiger partial charge is 0.309 e. The van der Waals surface area contributed by atoms with Crippen molar-refractivity contribution in [2.45, 2.75) is 51.6 Å². The summed E-state index contributed by atoms with van der Waals surface area (Å²) in [7, 11) is 0. The Balaban J connectivity index is 1.78. The van der Waals surface area contributed by atoms with Gasteiger partial charge in [-0.2, -0.15) is 0 Å². The number of rotatable bonds is 0. The van der Waals surface area contributed by atoms with Crippen LogP contribution in [-0.4, -0.2) is 17.6 Å². The summed E-state index contributed by atoms with van der Waals surface area (Å²) in [5.41, 5.74) is 4.07. The molecular formula is C19H23NO2. The molecule has 3 nitrogen and oxygen atoms in total. The van der Waals surface area contributed by atoms with Gasteiger partial charge in [0.2, 0.25) is 5.78 Å². The number of hydrogen-bond acceptors (Lipinski definition) is 3. The molecule has 0 saturated heterocycles. The molecule has 1 aromatic rings. The van der Waals surface area contributed by atoms with Crippen LogP contribution in [0.1, 0.15) is 48.8 Å². The van der Waals surface area contributed by atoms with Crippen molar-refractivity contribution in [2.24, 2.45) is 17.8 Å². The highest BCUT2D eigenvalue weighted by Crippen LogP contribution is 2.50. The van der Waals surface area contributed by atoms with Gasteiger partial charge in [0.05, 0.1) is 0 Å². The molecule has 1 aliphatic heterocycles. The van der Waals surface area contributed by atoms with Crippen molar-refractivity contribution >= 4 is 11.6 Å². The molecule has 1 heterocycles. The number of Topliss-reactive ketones (excluding diaryl/α,β-unsaturated/α-hetero) is 2. The molecule has 1 aromatic carbocycles. The highest BCUT2D eigenvalue weighted by atomic mass is 16.2. The fourth-order valence-electron chi connectivity index (χ4n) is 5.10. The molecule has 5 unspecified atom stereocenters. The zero-order chi connectivity index (χ0) is 15.4. The van der Waals surface area contributed by atoms with Gasteiger partial charge in [0.15, 0.2) is 5.78 Å². The quantitative estimate of drug-likeness (QED) is 0.749. The van der Waals surface area contributed by atoms with Crippen molar-refractivity contribution in [2.75, 3.05) is 0 Å². The Kier molecular flexibility index (Phi) is 3.23. The smallest absolute Gasteiger partial charge is 0.201 e. The number of aryl methyl sites for hydroxylation is 1. The molecule has 0 aromatic heterocycles. The van der Waals surface area contributed by atoms with Crippen LogP contribution in [0.5, 0.6) is 0 Å². The maximum absolute atomic E-state index is 12.1. The molecular weight excluding hydrogens is 274 g/mol. The summed E-state index contributed by atoms with van der Waals surface area (Å²) in [5, 5.41) is 3.67. The molecule has 2 saturated carbocycles. The molecule has 116 valence electrons. The first-order chi connectivity index (χ1) is 10.6. The Bertz CT molecular complexity index is 651. The Hall–Kier alpha value is -1.48.